The minimum absolute atomic E-state index is 0.107. The van der Waals surface area contributed by atoms with Crippen LogP contribution in [0, 0.1) is 0 Å². The number of carbonyl (C=O) groups excluding carboxylic acids is 1. The minimum Gasteiger partial charge on any atom is -0.434 e. The SMILES string of the molecule is COCCC(=O)Oc1occc1C(C)(C)C. The summed E-state index contributed by atoms with van der Waals surface area (Å²) in [6.45, 7) is 6.45. The van der Waals surface area contributed by atoms with Crippen LogP contribution in [0.15, 0.2) is 16.7 Å². The quantitative estimate of drug-likeness (QED) is 0.740. The van der Waals surface area contributed by atoms with E-state index in [2.05, 4.69) is 0 Å². The lowest BCUT2D eigenvalue weighted by atomic mass is 9.89. The summed E-state index contributed by atoms with van der Waals surface area (Å²) < 4.78 is 15.1. The van der Waals surface area contributed by atoms with E-state index in [0.29, 0.717) is 6.61 Å². The van der Waals surface area contributed by atoms with Gasteiger partial charge in [0.15, 0.2) is 0 Å². The predicted molar refractivity (Wildman–Crippen MR) is 59.5 cm³/mol. The topological polar surface area (TPSA) is 48.7 Å². The van der Waals surface area contributed by atoms with E-state index in [-0.39, 0.29) is 23.8 Å². The smallest absolute Gasteiger partial charge is 0.315 e. The van der Waals surface area contributed by atoms with Gasteiger partial charge in [-0.25, -0.2) is 0 Å². The van der Waals surface area contributed by atoms with Crippen molar-refractivity contribution < 1.29 is 18.7 Å². The number of carbonyl (C=O) groups is 1. The summed E-state index contributed by atoms with van der Waals surface area (Å²) in [6.07, 6.45) is 1.75. The van der Waals surface area contributed by atoms with Crippen molar-refractivity contribution in [3.8, 4) is 5.95 Å². The number of ether oxygens (including phenoxy) is 2. The third kappa shape index (κ3) is 3.38. The number of furan rings is 1. The van der Waals surface area contributed by atoms with Gasteiger partial charge in [0.1, 0.15) is 0 Å². The molecule has 0 saturated carbocycles. The van der Waals surface area contributed by atoms with Gasteiger partial charge >= 0.3 is 5.97 Å². The van der Waals surface area contributed by atoms with E-state index >= 15 is 0 Å². The van der Waals surface area contributed by atoms with Gasteiger partial charge in [-0.15, -0.1) is 0 Å². The summed E-state index contributed by atoms with van der Waals surface area (Å²) in [5.41, 5.74) is 0.780. The van der Waals surface area contributed by atoms with Gasteiger partial charge in [0, 0.05) is 12.7 Å². The molecule has 0 aliphatic heterocycles. The standard InChI is InChI=1S/C12H18O4/c1-12(2,3)9-5-8-15-11(9)16-10(13)6-7-14-4/h5,8H,6-7H2,1-4H3. The summed E-state index contributed by atoms with van der Waals surface area (Å²) in [7, 11) is 1.54. The Labute approximate surface area is 95.5 Å². The van der Waals surface area contributed by atoms with Crippen LogP contribution in [-0.4, -0.2) is 19.7 Å². The third-order valence-electron chi connectivity index (χ3n) is 2.15. The molecule has 1 aromatic heterocycles. The first-order valence-corrected chi connectivity index (χ1v) is 5.22. The van der Waals surface area contributed by atoms with Gasteiger partial charge in [0.2, 0.25) is 0 Å². The van der Waals surface area contributed by atoms with Gasteiger partial charge in [0.25, 0.3) is 5.95 Å². The molecule has 0 fully saturated rings. The lowest BCUT2D eigenvalue weighted by Crippen LogP contribution is -2.15. The highest BCUT2D eigenvalue weighted by Crippen LogP contribution is 2.32. The number of esters is 1. The van der Waals surface area contributed by atoms with Crippen molar-refractivity contribution in [2.75, 3.05) is 13.7 Å². The summed E-state index contributed by atoms with van der Waals surface area (Å²) in [6, 6.07) is 1.82. The predicted octanol–water partition coefficient (Wildman–Crippen LogP) is 2.52. The molecule has 0 unspecified atom stereocenters. The van der Waals surface area contributed by atoms with Crippen molar-refractivity contribution in [1.29, 1.82) is 0 Å². The summed E-state index contributed by atoms with van der Waals surface area (Å²) in [4.78, 5) is 11.4. The Morgan fingerprint density at radius 1 is 1.44 bits per heavy atom. The van der Waals surface area contributed by atoms with Gasteiger partial charge in [0.05, 0.1) is 19.3 Å². The Morgan fingerprint density at radius 2 is 2.12 bits per heavy atom. The van der Waals surface area contributed by atoms with Crippen LogP contribution < -0.4 is 4.74 Å². The average Bonchev–Trinajstić information content (AvgIpc) is 2.62. The first-order valence-electron chi connectivity index (χ1n) is 5.22. The van der Waals surface area contributed by atoms with Crippen LogP contribution in [0.25, 0.3) is 0 Å². The van der Waals surface area contributed by atoms with Crippen molar-refractivity contribution >= 4 is 5.97 Å². The fourth-order valence-corrected chi connectivity index (χ4v) is 1.27. The molecule has 0 atom stereocenters. The Balaban J connectivity index is 2.67. The summed E-state index contributed by atoms with van der Waals surface area (Å²) in [5.74, 6) is -0.0593. The van der Waals surface area contributed by atoms with Crippen LogP contribution in [0.1, 0.15) is 32.8 Å². The number of methoxy groups -OCH3 is 1. The van der Waals surface area contributed by atoms with Gasteiger partial charge in [-0.3, -0.25) is 4.79 Å². The number of hydrogen-bond acceptors (Lipinski definition) is 4. The largest absolute Gasteiger partial charge is 0.434 e. The summed E-state index contributed by atoms with van der Waals surface area (Å²) in [5, 5.41) is 0. The molecule has 0 N–H and O–H groups in total. The van der Waals surface area contributed by atoms with E-state index in [9.17, 15) is 4.79 Å². The zero-order valence-electron chi connectivity index (χ0n) is 10.2. The molecule has 16 heavy (non-hydrogen) atoms. The van der Waals surface area contributed by atoms with E-state index in [0.717, 1.165) is 5.56 Å². The van der Waals surface area contributed by atoms with Crippen LogP contribution in [0.3, 0.4) is 0 Å². The molecule has 1 rings (SSSR count). The Kier molecular flexibility index (Phi) is 4.12. The minimum atomic E-state index is -0.345. The molecule has 0 aliphatic carbocycles. The molecule has 90 valence electrons. The van der Waals surface area contributed by atoms with E-state index < -0.39 is 0 Å². The van der Waals surface area contributed by atoms with Crippen molar-refractivity contribution in [3.05, 3.63) is 17.9 Å². The van der Waals surface area contributed by atoms with E-state index in [1.807, 2.05) is 26.8 Å². The van der Waals surface area contributed by atoms with E-state index in [4.69, 9.17) is 13.9 Å². The second-order valence-corrected chi connectivity index (χ2v) is 4.59. The van der Waals surface area contributed by atoms with Crippen LogP contribution in [-0.2, 0) is 14.9 Å². The summed E-state index contributed by atoms with van der Waals surface area (Å²) >= 11 is 0. The van der Waals surface area contributed by atoms with Gasteiger partial charge in [-0.05, 0) is 11.5 Å². The molecule has 0 aliphatic rings. The van der Waals surface area contributed by atoms with Crippen molar-refractivity contribution in [2.45, 2.75) is 32.6 Å². The lowest BCUT2D eigenvalue weighted by molar-refractivity contribution is -0.136. The highest BCUT2D eigenvalue weighted by atomic mass is 16.6. The molecule has 0 bridgehead atoms. The van der Waals surface area contributed by atoms with Crippen LogP contribution in [0.5, 0.6) is 5.95 Å². The monoisotopic (exact) mass is 226 g/mol. The highest BCUT2D eigenvalue weighted by Gasteiger charge is 2.23. The molecule has 4 heteroatoms. The van der Waals surface area contributed by atoms with Crippen molar-refractivity contribution in [1.82, 2.24) is 0 Å². The number of hydrogen-bond donors (Lipinski definition) is 0. The first kappa shape index (κ1) is 12.8. The number of rotatable bonds is 4. The van der Waals surface area contributed by atoms with E-state index in [1.165, 1.54) is 6.26 Å². The maximum absolute atomic E-state index is 11.4. The molecule has 0 spiro atoms. The van der Waals surface area contributed by atoms with Crippen LogP contribution >= 0.6 is 0 Å². The molecule has 1 heterocycles. The van der Waals surface area contributed by atoms with Gasteiger partial charge in [-0.1, -0.05) is 20.8 Å². The fourth-order valence-electron chi connectivity index (χ4n) is 1.27. The Hall–Kier alpha value is -1.29. The Morgan fingerprint density at radius 3 is 2.69 bits per heavy atom. The van der Waals surface area contributed by atoms with Crippen LogP contribution in [0.2, 0.25) is 0 Å². The first-order chi connectivity index (χ1) is 7.45. The van der Waals surface area contributed by atoms with Gasteiger partial charge in [-0.2, -0.15) is 0 Å². The lowest BCUT2D eigenvalue weighted by Gasteiger charge is -2.17. The molecule has 0 saturated heterocycles. The fraction of sp³-hybridized carbons (Fsp3) is 0.583. The van der Waals surface area contributed by atoms with Gasteiger partial charge < -0.3 is 13.9 Å². The molecule has 4 nitrogen and oxygen atoms in total. The zero-order chi connectivity index (χ0) is 12.2. The molecular formula is C12H18O4. The van der Waals surface area contributed by atoms with Crippen LogP contribution in [0.4, 0.5) is 0 Å². The highest BCUT2D eigenvalue weighted by molar-refractivity contribution is 5.72. The molecular weight excluding hydrogens is 208 g/mol. The maximum atomic E-state index is 11.4. The average molecular weight is 226 g/mol. The van der Waals surface area contributed by atoms with Crippen molar-refractivity contribution in [3.63, 3.8) is 0 Å². The third-order valence-corrected chi connectivity index (χ3v) is 2.15. The molecule has 0 amide bonds. The molecule has 0 radical (unpaired) electrons. The maximum Gasteiger partial charge on any atom is 0.315 e. The molecule has 1 aromatic rings. The second kappa shape index (κ2) is 5.16. The van der Waals surface area contributed by atoms with E-state index in [1.54, 1.807) is 7.11 Å². The van der Waals surface area contributed by atoms with Crippen molar-refractivity contribution in [2.24, 2.45) is 0 Å². The Bertz CT molecular complexity index is 346. The zero-order valence-corrected chi connectivity index (χ0v) is 10.2. The second-order valence-electron chi connectivity index (χ2n) is 4.59. The molecule has 0 aromatic carbocycles. The normalized spacial score (nSPS) is 11.5.